The van der Waals surface area contributed by atoms with Gasteiger partial charge in [-0.05, 0) is 37.9 Å². The van der Waals surface area contributed by atoms with E-state index in [9.17, 15) is 9.59 Å². The van der Waals surface area contributed by atoms with Crippen LogP contribution in [-0.4, -0.2) is 30.1 Å². The van der Waals surface area contributed by atoms with Gasteiger partial charge in [0.25, 0.3) is 0 Å². The molecule has 0 aliphatic rings. The minimum absolute atomic E-state index is 0.117. The van der Waals surface area contributed by atoms with Crippen molar-refractivity contribution in [1.82, 2.24) is 5.32 Å². The monoisotopic (exact) mass is 264 g/mol. The number of amides is 1. The minimum Gasteiger partial charge on any atom is -0.481 e. The van der Waals surface area contributed by atoms with Crippen LogP contribution in [-0.2, 0) is 9.59 Å². The first-order chi connectivity index (χ1) is 9.00. The Morgan fingerprint density at radius 3 is 2.42 bits per heavy atom. The molecule has 1 aromatic rings. The lowest BCUT2D eigenvalue weighted by atomic mass is 10.1. The maximum absolute atomic E-state index is 11.7. The second-order valence-corrected chi connectivity index (χ2v) is 4.49. The van der Waals surface area contributed by atoms with E-state index < -0.39 is 5.97 Å². The number of carboxylic acids is 1. The Bertz CT molecular complexity index is 438. The van der Waals surface area contributed by atoms with Gasteiger partial charge in [-0.3, -0.25) is 9.59 Å². The highest BCUT2D eigenvalue weighted by atomic mass is 16.4. The quantitative estimate of drug-likeness (QED) is 0.655. The standard InChI is InChI=1S/C14H20N2O3/c1-10-5-3-6-11(2)14(10)16-12(17)9-15-8-4-7-13(18)19/h3,5-6,15H,4,7-9H2,1-2H3,(H,16,17)(H,18,19). The van der Waals surface area contributed by atoms with E-state index in [1.54, 1.807) is 0 Å². The summed E-state index contributed by atoms with van der Waals surface area (Å²) in [5.41, 5.74) is 2.90. The number of aryl methyl sites for hydroxylation is 2. The van der Waals surface area contributed by atoms with E-state index in [4.69, 9.17) is 5.11 Å². The second kappa shape index (κ2) is 7.53. The van der Waals surface area contributed by atoms with Crippen LogP contribution >= 0.6 is 0 Å². The van der Waals surface area contributed by atoms with E-state index in [1.807, 2.05) is 32.0 Å². The maximum atomic E-state index is 11.7. The fourth-order valence-electron chi connectivity index (χ4n) is 1.76. The summed E-state index contributed by atoms with van der Waals surface area (Å²) in [6, 6.07) is 5.84. The zero-order valence-corrected chi connectivity index (χ0v) is 11.3. The topological polar surface area (TPSA) is 78.4 Å². The van der Waals surface area contributed by atoms with Gasteiger partial charge < -0.3 is 15.7 Å². The second-order valence-electron chi connectivity index (χ2n) is 4.49. The molecule has 1 aromatic carbocycles. The van der Waals surface area contributed by atoms with Gasteiger partial charge in [-0.1, -0.05) is 18.2 Å². The maximum Gasteiger partial charge on any atom is 0.303 e. The van der Waals surface area contributed by atoms with Gasteiger partial charge in [-0.25, -0.2) is 0 Å². The molecule has 0 fully saturated rings. The van der Waals surface area contributed by atoms with Crippen molar-refractivity contribution in [2.24, 2.45) is 0 Å². The van der Waals surface area contributed by atoms with Crippen molar-refractivity contribution >= 4 is 17.6 Å². The highest BCUT2D eigenvalue weighted by molar-refractivity contribution is 5.93. The molecule has 0 saturated heterocycles. The van der Waals surface area contributed by atoms with Crippen molar-refractivity contribution in [3.05, 3.63) is 29.3 Å². The normalized spacial score (nSPS) is 10.2. The van der Waals surface area contributed by atoms with E-state index in [2.05, 4.69) is 10.6 Å². The van der Waals surface area contributed by atoms with Gasteiger partial charge in [0, 0.05) is 12.1 Å². The van der Waals surface area contributed by atoms with Gasteiger partial charge in [0.05, 0.1) is 6.54 Å². The third-order valence-electron chi connectivity index (χ3n) is 2.78. The van der Waals surface area contributed by atoms with E-state index >= 15 is 0 Å². The smallest absolute Gasteiger partial charge is 0.303 e. The van der Waals surface area contributed by atoms with Crippen molar-refractivity contribution in [3.8, 4) is 0 Å². The van der Waals surface area contributed by atoms with Gasteiger partial charge >= 0.3 is 5.97 Å². The highest BCUT2D eigenvalue weighted by Crippen LogP contribution is 2.18. The third-order valence-corrected chi connectivity index (χ3v) is 2.78. The summed E-state index contributed by atoms with van der Waals surface area (Å²) in [7, 11) is 0. The van der Waals surface area contributed by atoms with Crippen LogP contribution in [0.4, 0.5) is 5.69 Å². The zero-order valence-electron chi connectivity index (χ0n) is 11.3. The first-order valence-corrected chi connectivity index (χ1v) is 6.29. The molecule has 0 aliphatic carbocycles. The minimum atomic E-state index is -0.818. The number of anilines is 1. The molecule has 5 nitrogen and oxygen atoms in total. The molecule has 1 amide bonds. The van der Waals surface area contributed by atoms with Gasteiger partial charge in [0.2, 0.25) is 5.91 Å². The van der Waals surface area contributed by atoms with Crippen LogP contribution in [0.3, 0.4) is 0 Å². The Hall–Kier alpha value is -1.88. The van der Waals surface area contributed by atoms with Gasteiger partial charge in [-0.2, -0.15) is 0 Å². The summed E-state index contributed by atoms with van der Waals surface area (Å²) >= 11 is 0. The number of carboxylic acid groups (broad SMARTS) is 1. The summed E-state index contributed by atoms with van der Waals surface area (Å²) in [5, 5.41) is 14.3. The number of aliphatic carboxylic acids is 1. The summed E-state index contributed by atoms with van der Waals surface area (Å²) in [6.45, 7) is 4.60. The SMILES string of the molecule is Cc1cccc(C)c1NC(=O)CNCCCC(=O)O. The Labute approximate surface area is 113 Å². The number of benzene rings is 1. The van der Waals surface area contributed by atoms with Crippen LogP contribution in [0.15, 0.2) is 18.2 Å². The zero-order chi connectivity index (χ0) is 14.3. The fourth-order valence-corrected chi connectivity index (χ4v) is 1.76. The number of carbonyl (C=O) groups is 2. The average Bonchev–Trinajstić information content (AvgIpc) is 2.33. The number of rotatable bonds is 7. The first kappa shape index (κ1) is 15.2. The van der Waals surface area contributed by atoms with Gasteiger partial charge in [0.15, 0.2) is 0 Å². The molecule has 3 N–H and O–H groups in total. The lowest BCUT2D eigenvalue weighted by molar-refractivity contribution is -0.137. The molecule has 1 rings (SSSR count). The van der Waals surface area contributed by atoms with Crippen molar-refractivity contribution < 1.29 is 14.7 Å². The largest absolute Gasteiger partial charge is 0.481 e. The summed E-state index contributed by atoms with van der Waals surface area (Å²) < 4.78 is 0. The van der Waals surface area contributed by atoms with Crippen molar-refractivity contribution in [2.75, 3.05) is 18.4 Å². The third kappa shape index (κ3) is 5.52. The molecule has 5 heteroatoms. The van der Waals surface area contributed by atoms with Crippen LogP contribution in [0, 0.1) is 13.8 Å². The Morgan fingerprint density at radius 2 is 1.84 bits per heavy atom. The highest BCUT2D eigenvalue weighted by Gasteiger charge is 2.06. The van der Waals surface area contributed by atoms with Gasteiger partial charge in [-0.15, -0.1) is 0 Å². The molecule has 0 spiro atoms. The molecule has 0 saturated carbocycles. The van der Waals surface area contributed by atoms with E-state index in [1.165, 1.54) is 0 Å². The summed E-state index contributed by atoms with van der Waals surface area (Å²) in [4.78, 5) is 22.0. The molecule has 104 valence electrons. The Morgan fingerprint density at radius 1 is 1.21 bits per heavy atom. The van der Waals surface area contributed by atoms with Crippen molar-refractivity contribution in [2.45, 2.75) is 26.7 Å². The molecule has 0 heterocycles. The molecule has 0 atom stereocenters. The van der Waals surface area contributed by atoms with Crippen LogP contribution in [0.25, 0.3) is 0 Å². The first-order valence-electron chi connectivity index (χ1n) is 6.29. The fraction of sp³-hybridized carbons (Fsp3) is 0.429. The lowest BCUT2D eigenvalue weighted by Gasteiger charge is -2.11. The lowest BCUT2D eigenvalue weighted by Crippen LogP contribution is -2.29. The summed E-state index contributed by atoms with van der Waals surface area (Å²) in [6.07, 6.45) is 0.636. The van der Waals surface area contributed by atoms with E-state index in [0.717, 1.165) is 16.8 Å². The molecular weight excluding hydrogens is 244 g/mol. The molecule has 19 heavy (non-hydrogen) atoms. The predicted molar refractivity (Wildman–Crippen MR) is 74.3 cm³/mol. The Balaban J connectivity index is 2.33. The molecule has 0 aromatic heterocycles. The van der Waals surface area contributed by atoms with Crippen LogP contribution in [0.2, 0.25) is 0 Å². The Kier molecular flexibility index (Phi) is 6.02. The van der Waals surface area contributed by atoms with Crippen LogP contribution in [0.5, 0.6) is 0 Å². The number of para-hydroxylation sites is 1. The van der Waals surface area contributed by atoms with Crippen molar-refractivity contribution in [1.29, 1.82) is 0 Å². The van der Waals surface area contributed by atoms with Gasteiger partial charge in [0.1, 0.15) is 0 Å². The van der Waals surface area contributed by atoms with E-state index in [-0.39, 0.29) is 18.9 Å². The predicted octanol–water partition coefficient (Wildman–Crippen LogP) is 1.70. The number of hydrogen-bond donors (Lipinski definition) is 3. The average molecular weight is 264 g/mol. The van der Waals surface area contributed by atoms with Crippen LogP contribution in [0.1, 0.15) is 24.0 Å². The molecule has 0 bridgehead atoms. The van der Waals surface area contributed by atoms with E-state index in [0.29, 0.717) is 13.0 Å². The molecule has 0 unspecified atom stereocenters. The van der Waals surface area contributed by atoms with Crippen LogP contribution < -0.4 is 10.6 Å². The molecular formula is C14H20N2O3. The number of nitrogens with one attached hydrogen (secondary N) is 2. The summed E-state index contributed by atoms with van der Waals surface area (Å²) in [5.74, 6) is -0.936. The molecule has 0 radical (unpaired) electrons. The van der Waals surface area contributed by atoms with Crippen molar-refractivity contribution in [3.63, 3.8) is 0 Å². The number of hydrogen-bond acceptors (Lipinski definition) is 3. The molecule has 0 aliphatic heterocycles. The number of carbonyl (C=O) groups excluding carboxylic acids is 1.